The van der Waals surface area contributed by atoms with E-state index >= 15 is 0 Å². The second kappa shape index (κ2) is 10.7. The van der Waals surface area contributed by atoms with E-state index in [9.17, 15) is 0 Å². The van der Waals surface area contributed by atoms with Crippen LogP contribution in [0.3, 0.4) is 0 Å². The van der Waals surface area contributed by atoms with Crippen molar-refractivity contribution < 1.29 is 4.74 Å². The molecule has 2 unspecified atom stereocenters. The van der Waals surface area contributed by atoms with Crippen molar-refractivity contribution in [1.82, 2.24) is 19.6 Å². The van der Waals surface area contributed by atoms with Gasteiger partial charge in [0.25, 0.3) is 0 Å². The molecular formula is C30H44N6OS. The fraction of sp³-hybridized carbons (Fsp3) is 0.667. The molecule has 1 aromatic carbocycles. The Morgan fingerprint density at radius 1 is 0.763 bits per heavy atom. The lowest BCUT2D eigenvalue weighted by molar-refractivity contribution is -0.153. The summed E-state index contributed by atoms with van der Waals surface area (Å²) in [6.07, 6.45) is 14.0. The number of hydrogen-bond donors (Lipinski definition) is 1. The predicted octanol–water partition coefficient (Wildman–Crippen LogP) is 3.69. The van der Waals surface area contributed by atoms with E-state index in [1.807, 2.05) is 0 Å². The van der Waals surface area contributed by atoms with Crippen molar-refractivity contribution in [3.05, 3.63) is 48.2 Å². The molecule has 7 rings (SSSR count). The summed E-state index contributed by atoms with van der Waals surface area (Å²) >= 11 is 2.11. The van der Waals surface area contributed by atoms with Crippen LogP contribution >= 0.6 is 11.8 Å². The maximum absolute atomic E-state index is 6.02. The van der Waals surface area contributed by atoms with E-state index in [0.29, 0.717) is 0 Å². The molecule has 0 spiro atoms. The fourth-order valence-corrected chi connectivity index (χ4v) is 9.07. The normalized spacial score (nSPS) is 33.3. The summed E-state index contributed by atoms with van der Waals surface area (Å²) in [7, 11) is 0. The molecule has 8 heteroatoms. The molecule has 1 N–H and O–H groups in total. The second-order valence-electron chi connectivity index (χ2n) is 11.5. The lowest BCUT2D eigenvalue weighted by Crippen LogP contribution is -2.85. The van der Waals surface area contributed by atoms with Gasteiger partial charge in [0.15, 0.2) is 11.3 Å². The number of hydrogen-bond acceptors (Lipinski definition) is 8. The molecule has 6 aliphatic rings. The van der Waals surface area contributed by atoms with Crippen LogP contribution in [0.4, 0.5) is 11.4 Å². The lowest BCUT2D eigenvalue weighted by atomic mass is 9.77. The van der Waals surface area contributed by atoms with Gasteiger partial charge in [-0.2, -0.15) is 11.8 Å². The molecule has 0 bridgehead atoms. The highest BCUT2D eigenvalue weighted by Crippen LogP contribution is 2.53. The number of nitrogens with one attached hydrogen (secondary N) is 1. The van der Waals surface area contributed by atoms with E-state index in [1.54, 1.807) is 0 Å². The highest BCUT2D eigenvalue weighted by atomic mass is 32.2. The van der Waals surface area contributed by atoms with Crippen molar-refractivity contribution in [1.29, 1.82) is 0 Å². The van der Waals surface area contributed by atoms with Crippen molar-refractivity contribution in [3.63, 3.8) is 0 Å². The average Bonchev–Trinajstić information content (AvgIpc) is 3.69. The first-order valence-electron chi connectivity index (χ1n) is 15.0. The molecule has 1 aromatic rings. The number of nitrogens with zero attached hydrogens (tertiary/aromatic N) is 5. The number of anilines is 2. The van der Waals surface area contributed by atoms with Crippen LogP contribution in [0, 0.1) is 0 Å². The topological polar surface area (TPSA) is 37.5 Å². The first-order valence-corrected chi connectivity index (χ1v) is 16.2. The van der Waals surface area contributed by atoms with Crippen LogP contribution in [-0.2, 0) is 4.74 Å². The Morgan fingerprint density at radius 2 is 1.47 bits per heavy atom. The molecule has 0 amide bonds. The maximum Gasteiger partial charge on any atom is 0.157 e. The summed E-state index contributed by atoms with van der Waals surface area (Å²) in [4.78, 5) is 14.2. The quantitative estimate of drug-likeness (QED) is 0.611. The van der Waals surface area contributed by atoms with Gasteiger partial charge in [-0.1, -0.05) is 18.2 Å². The zero-order chi connectivity index (χ0) is 25.4. The van der Waals surface area contributed by atoms with E-state index in [1.165, 1.54) is 73.8 Å². The minimum atomic E-state index is -0.323. The Kier molecular flexibility index (Phi) is 7.11. The van der Waals surface area contributed by atoms with E-state index in [2.05, 4.69) is 84.1 Å². The third-order valence-corrected chi connectivity index (χ3v) is 10.7. The number of allylic oxidation sites excluding steroid dienone is 2. The van der Waals surface area contributed by atoms with Crippen LogP contribution in [-0.4, -0.2) is 115 Å². The Balaban J connectivity index is 1.49. The summed E-state index contributed by atoms with van der Waals surface area (Å²) in [5.74, 6) is 2.39. The molecule has 5 aliphatic heterocycles. The van der Waals surface area contributed by atoms with Crippen molar-refractivity contribution >= 4 is 23.1 Å². The first-order chi connectivity index (χ1) is 18.9. The van der Waals surface area contributed by atoms with Gasteiger partial charge in [0, 0.05) is 63.9 Å². The van der Waals surface area contributed by atoms with Crippen LogP contribution in [0.25, 0.3) is 0 Å². The van der Waals surface area contributed by atoms with Crippen molar-refractivity contribution in [2.24, 2.45) is 0 Å². The molecule has 206 valence electrons. The number of piperidine rings is 1. The van der Waals surface area contributed by atoms with Crippen LogP contribution in [0.15, 0.2) is 48.2 Å². The zero-order valence-corrected chi connectivity index (χ0v) is 23.6. The van der Waals surface area contributed by atoms with Crippen LogP contribution in [0.5, 0.6) is 0 Å². The molecule has 38 heavy (non-hydrogen) atoms. The van der Waals surface area contributed by atoms with Gasteiger partial charge in [-0.05, 0) is 56.4 Å². The molecule has 4 fully saturated rings. The number of benzene rings is 1. The molecule has 4 saturated heterocycles. The van der Waals surface area contributed by atoms with E-state index in [4.69, 9.17) is 4.74 Å². The minimum Gasteiger partial charge on any atom is -0.379 e. The highest BCUT2D eigenvalue weighted by molar-refractivity contribution is 7.99. The number of fused-ring (bicyclic) bond motifs is 1. The lowest BCUT2D eigenvalue weighted by Gasteiger charge is -2.68. The van der Waals surface area contributed by atoms with Crippen molar-refractivity contribution in [3.8, 4) is 0 Å². The van der Waals surface area contributed by atoms with Gasteiger partial charge in [0.1, 0.15) is 0 Å². The number of thioether (sulfide) groups is 1. The van der Waals surface area contributed by atoms with E-state index < -0.39 is 0 Å². The predicted molar refractivity (Wildman–Crippen MR) is 158 cm³/mol. The number of para-hydroxylation sites is 2. The SMILES string of the molecule is C1=CC(N2CCSCC2)(N2CNc3ccccc32)C(N2CCCC2)(N2CCOCC2)C(N2CCCCC2)=C1. The van der Waals surface area contributed by atoms with Gasteiger partial charge in [0.05, 0.1) is 37.0 Å². The molecular weight excluding hydrogens is 492 g/mol. The van der Waals surface area contributed by atoms with Gasteiger partial charge in [0.2, 0.25) is 0 Å². The number of ether oxygens (including phenoxy) is 1. The molecule has 0 aromatic heterocycles. The van der Waals surface area contributed by atoms with Crippen LogP contribution in [0.1, 0.15) is 32.1 Å². The largest absolute Gasteiger partial charge is 0.379 e. The molecule has 0 saturated carbocycles. The average molecular weight is 537 g/mol. The van der Waals surface area contributed by atoms with E-state index in [-0.39, 0.29) is 11.3 Å². The first kappa shape index (κ1) is 25.3. The number of rotatable bonds is 5. The summed E-state index contributed by atoms with van der Waals surface area (Å²) in [6.45, 7) is 11.3. The third-order valence-electron chi connectivity index (χ3n) is 9.71. The summed E-state index contributed by atoms with van der Waals surface area (Å²) in [5, 5.41) is 3.80. The van der Waals surface area contributed by atoms with Gasteiger partial charge in [-0.25, -0.2) is 0 Å². The van der Waals surface area contributed by atoms with E-state index in [0.717, 1.165) is 59.2 Å². The fourth-order valence-electron chi connectivity index (χ4n) is 8.16. The van der Waals surface area contributed by atoms with Gasteiger partial charge >= 0.3 is 0 Å². The zero-order valence-electron chi connectivity index (χ0n) is 22.8. The summed E-state index contributed by atoms with van der Waals surface area (Å²) in [6, 6.07) is 9.00. The second-order valence-corrected chi connectivity index (χ2v) is 12.8. The Bertz CT molecular complexity index is 1040. The molecule has 1 aliphatic carbocycles. The Morgan fingerprint density at radius 3 is 2.26 bits per heavy atom. The van der Waals surface area contributed by atoms with Crippen molar-refractivity contribution in [2.75, 3.05) is 94.0 Å². The Labute approximate surface area is 232 Å². The van der Waals surface area contributed by atoms with Crippen LogP contribution in [0.2, 0.25) is 0 Å². The number of morpholine rings is 1. The molecule has 0 radical (unpaired) electrons. The minimum absolute atomic E-state index is 0.277. The Hall–Kier alpha value is -1.71. The standard InChI is InChI=1S/C30H44N6OS/c1-4-13-32(14-5-1)28-11-8-12-29(33-19-23-38-24-20-33,36-25-31-26-9-2-3-10-27(26)36)30(28,34-15-6-7-16-34)35-17-21-37-22-18-35/h2-3,8-12,31H,1,4-7,13-25H2. The molecule has 5 heterocycles. The number of likely N-dealkylation sites (tertiary alicyclic amines) is 2. The maximum atomic E-state index is 6.02. The van der Waals surface area contributed by atoms with Gasteiger partial charge < -0.3 is 19.9 Å². The summed E-state index contributed by atoms with van der Waals surface area (Å²) < 4.78 is 6.02. The summed E-state index contributed by atoms with van der Waals surface area (Å²) in [5.41, 5.74) is 3.54. The van der Waals surface area contributed by atoms with Crippen molar-refractivity contribution in [2.45, 2.75) is 43.4 Å². The van der Waals surface area contributed by atoms with Gasteiger partial charge in [-0.15, -0.1) is 0 Å². The highest BCUT2D eigenvalue weighted by Gasteiger charge is 2.67. The van der Waals surface area contributed by atoms with Crippen LogP contribution < -0.4 is 10.2 Å². The molecule has 7 nitrogen and oxygen atoms in total. The smallest absolute Gasteiger partial charge is 0.157 e. The monoisotopic (exact) mass is 536 g/mol. The third kappa shape index (κ3) is 3.85. The van der Waals surface area contributed by atoms with Gasteiger partial charge in [-0.3, -0.25) is 14.7 Å². The molecule has 2 atom stereocenters.